The van der Waals surface area contributed by atoms with Crippen LogP contribution in [0.2, 0.25) is 5.02 Å². The van der Waals surface area contributed by atoms with Gasteiger partial charge in [0.15, 0.2) is 0 Å². The lowest BCUT2D eigenvalue weighted by Gasteiger charge is -2.25. The third-order valence-electron chi connectivity index (χ3n) is 4.95. The van der Waals surface area contributed by atoms with Crippen molar-refractivity contribution < 1.29 is 26.4 Å². The number of rotatable bonds is 7. The first kappa shape index (κ1) is 26.2. The van der Waals surface area contributed by atoms with Gasteiger partial charge in [-0.2, -0.15) is 18.3 Å². The maximum absolute atomic E-state index is 13.4. The van der Waals surface area contributed by atoms with Crippen molar-refractivity contribution in [2.24, 2.45) is 5.10 Å². The van der Waals surface area contributed by atoms with Gasteiger partial charge in [-0.15, -0.1) is 0 Å². The van der Waals surface area contributed by atoms with Gasteiger partial charge in [0.1, 0.15) is 6.54 Å². The molecular formula is C24H21ClF3N3O3S. The molecule has 6 nitrogen and oxygen atoms in total. The molecular weight excluding hydrogens is 503 g/mol. The van der Waals surface area contributed by atoms with Gasteiger partial charge in [0.25, 0.3) is 15.9 Å². The summed E-state index contributed by atoms with van der Waals surface area (Å²) in [6.45, 7) is 2.84. The van der Waals surface area contributed by atoms with E-state index in [1.165, 1.54) is 30.3 Å². The fraction of sp³-hybridized carbons (Fsp3) is 0.167. The molecule has 0 aliphatic carbocycles. The molecule has 0 spiro atoms. The third-order valence-corrected chi connectivity index (χ3v) is 6.96. The van der Waals surface area contributed by atoms with Gasteiger partial charge in [0.05, 0.1) is 22.4 Å². The van der Waals surface area contributed by atoms with E-state index in [4.69, 9.17) is 11.6 Å². The second kappa shape index (κ2) is 10.5. The molecule has 0 aliphatic rings. The van der Waals surface area contributed by atoms with E-state index in [-0.39, 0.29) is 21.2 Å². The summed E-state index contributed by atoms with van der Waals surface area (Å²) in [5.41, 5.74) is 3.03. The van der Waals surface area contributed by atoms with Crippen LogP contribution in [0, 0.1) is 13.8 Å². The van der Waals surface area contributed by atoms with Gasteiger partial charge in [-0.3, -0.25) is 9.10 Å². The molecule has 0 atom stereocenters. The molecule has 1 amide bonds. The molecule has 35 heavy (non-hydrogen) atoms. The minimum atomic E-state index is -4.52. The number of alkyl halides is 3. The average Bonchev–Trinajstić information content (AvgIpc) is 2.79. The summed E-state index contributed by atoms with van der Waals surface area (Å²) in [7, 11) is -4.17. The van der Waals surface area contributed by atoms with Gasteiger partial charge < -0.3 is 0 Å². The molecule has 11 heteroatoms. The predicted molar refractivity (Wildman–Crippen MR) is 129 cm³/mol. The van der Waals surface area contributed by atoms with Crippen LogP contribution in [0.3, 0.4) is 0 Å². The van der Waals surface area contributed by atoms with Crippen molar-refractivity contribution in [3.05, 3.63) is 94.0 Å². The highest BCUT2D eigenvalue weighted by Crippen LogP contribution is 2.30. The number of aryl methyl sites for hydroxylation is 2. The number of halogens is 4. The second-order valence-electron chi connectivity index (χ2n) is 7.67. The van der Waals surface area contributed by atoms with Crippen molar-refractivity contribution in [3.8, 4) is 0 Å². The van der Waals surface area contributed by atoms with Crippen molar-refractivity contribution in [3.63, 3.8) is 0 Å². The number of anilines is 1. The van der Waals surface area contributed by atoms with Crippen LogP contribution in [-0.2, 0) is 21.0 Å². The molecule has 0 unspecified atom stereocenters. The number of carbonyl (C=O) groups excluding carboxylic acids is 1. The quantitative estimate of drug-likeness (QED) is 0.336. The maximum atomic E-state index is 13.4. The minimum Gasteiger partial charge on any atom is -0.271 e. The van der Waals surface area contributed by atoms with Crippen LogP contribution in [0.4, 0.5) is 18.9 Å². The number of amides is 1. The zero-order valence-electron chi connectivity index (χ0n) is 18.7. The van der Waals surface area contributed by atoms with Crippen LogP contribution in [-0.4, -0.2) is 27.1 Å². The van der Waals surface area contributed by atoms with Crippen LogP contribution in [0.1, 0.15) is 22.3 Å². The number of carbonyl (C=O) groups is 1. The molecule has 0 saturated heterocycles. The summed E-state index contributed by atoms with van der Waals surface area (Å²) in [5, 5.41) is 3.95. The maximum Gasteiger partial charge on any atom is 0.416 e. The molecule has 3 aromatic carbocycles. The molecule has 0 aromatic heterocycles. The van der Waals surface area contributed by atoms with Crippen LogP contribution < -0.4 is 9.73 Å². The van der Waals surface area contributed by atoms with Crippen LogP contribution >= 0.6 is 11.6 Å². The monoisotopic (exact) mass is 523 g/mol. The Morgan fingerprint density at radius 2 is 1.74 bits per heavy atom. The van der Waals surface area contributed by atoms with E-state index in [0.29, 0.717) is 5.56 Å². The van der Waals surface area contributed by atoms with Crippen molar-refractivity contribution in [2.75, 3.05) is 10.8 Å². The predicted octanol–water partition coefficient (Wildman–Crippen LogP) is 5.32. The highest BCUT2D eigenvalue weighted by atomic mass is 35.5. The highest BCUT2D eigenvalue weighted by Gasteiger charge is 2.30. The van der Waals surface area contributed by atoms with E-state index >= 15 is 0 Å². The average molecular weight is 524 g/mol. The molecule has 0 saturated carbocycles. The SMILES string of the molecule is Cc1ccc(S(=O)(=O)N(CC(=O)N/N=C\c2cccc(C(F)(F)F)c2)c2cc(Cl)ccc2C)cc1. The first-order valence-corrected chi connectivity index (χ1v) is 12.0. The molecule has 3 aromatic rings. The lowest BCUT2D eigenvalue weighted by Crippen LogP contribution is -2.40. The highest BCUT2D eigenvalue weighted by molar-refractivity contribution is 7.92. The van der Waals surface area contributed by atoms with Gasteiger partial charge >= 0.3 is 6.18 Å². The number of hydrogen-bond donors (Lipinski definition) is 1. The zero-order valence-corrected chi connectivity index (χ0v) is 20.2. The van der Waals surface area contributed by atoms with Crippen LogP contribution in [0.25, 0.3) is 0 Å². The molecule has 0 fully saturated rings. The summed E-state index contributed by atoms with van der Waals surface area (Å²) in [5.74, 6) is -0.803. The standard InChI is InChI=1S/C24H21ClF3N3O3S/c1-16-6-10-21(11-7-16)35(33,34)31(22-13-20(25)9-8-17(22)2)15-23(32)30-29-14-18-4-3-5-19(12-18)24(26,27)28/h3-14H,15H2,1-2H3,(H,30,32)/b29-14-. The van der Waals surface area contributed by atoms with Crippen molar-refractivity contribution in [2.45, 2.75) is 24.9 Å². The Hall–Kier alpha value is -3.37. The van der Waals surface area contributed by atoms with Gasteiger partial charge in [0.2, 0.25) is 0 Å². The molecule has 0 radical (unpaired) electrons. The van der Waals surface area contributed by atoms with Crippen LogP contribution in [0.15, 0.2) is 76.7 Å². The second-order valence-corrected chi connectivity index (χ2v) is 9.97. The summed E-state index contributed by atoms with van der Waals surface area (Å²) < 4.78 is 66.4. The van der Waals surface area contributed by atoms with Gasteiger partial charge in [-0.25, -0.2) is 13.8 Å². The number of hydrazone groups is 1. The van der Waals surface area contributed by atoms with Gasteiger partial charge in [0, 0.05) is 5.02 Å². The minimum absolute atomic E-state index is 0.0252. The number of hydrogen-bond acceptors (Lipinski definition) is 4. The van der Waals surface area contributed by atoms with Gasteiger partial charge in [-0.1, -0.05) is 47.5 Å². The van der Waals surface area contributed by atoms with Crippen LogP contribution in [0.5, 0.6) is 0 Å². The first-order valence-electron chi connectivity index (χ1n) is 10.2. The Balaban J connectivity index is 1.87. The fourth-order valence-electron chi connectivity index (χ4n) is 3.13. The number of benzene rings is 3. The van der Waals surface area contributed by atoms with Gasteiger partial charge in [-0.05, 0) is 61.4 Å². The summed E-state index contributed by atoms with van der Waals surface area (Å²) in [6.07, 6.45) is -3.48. The summed E-state index contributed by atoms with van der Waals surface area (Å²) >= 11 is 6.08. The largest absolute Gasteiger partial charge is 0.416 e. The van der Waals surface area contributed by atoms with Crippen molar-refractivity contribution in [1.82, 2.24) is 5.43 Å². The number of nitrogens with zero attached hydrogens (tertiary/aromatic N) is 2. The molecule has 184 valence electrons. The van der Waals surface area contributed by atoms with E-state index in [1.807, 2.05) is 6.92 Å². The van der Waals surface area contributed by atoms with E-state index in [9.17, 15) is 26.4 Å². The molecule has 0 aliphatic heterocycles. The van der Waals surface area contributed by atoms with E-state index < -0.39 is 34.2 Å². The Labute approximate surface area is 206 Å². The third kappa shape index (κ3) is 6.61. The topological polar surface area (TPSA) is 78.8 Å². The Morgan fingerprint density at radius 3 is 2.40 bits per heavy atom. The number of nitrogens with one attached hydrogen (secondary N) is 1. The Kier molecular flexibility index (Phi) is 7.86. The Morgan fingerprint density at radius 1 is 1.06 bits per heavy atom. The molecule has 0 bridgehead atoms. The van der Waals surface area contributed by atoms with Crippen molar-refractivity contribution >= 4 is 39.4 Å². The van der Waals surface area contributed by atoms with E-state index in [0.717, 1.165) is 28.2 Å². The zero-order chi connectivity index (χ0) is 25.8. The van der Waals surface area contributed by atoms with E-state index in [1.54, 1.807) is 31.2 Å². The normalized spacial score (nSPS) is 12.1. The lowest BCUT2D eigenvalue weighted by atomic mass is 10.1. The van der Waals surface area contributed by atoms with Crippen molar-refractivity contribution in [1.29, 1.82) is 0 Å². The Bertz CT molecular complexity index is 1360. The smallest absolute Gasteiger partial charge is 0.271 e. The molecule has 0 heterocycles. The first-order chi connectivity index (χ1) is 16.4. The fourth-order valence-corrected chi connectivity index (χ4v) is 4.77. The molecule has 3 rings (SSSR count). The summed E-state index contributed by atoms with van der Waals surface area (Å²) in [6, 6.07) is 15.2. The number of sulfonamides is 1. The van der Waals surface area contributed by atoms with E-state index in [2.05, 4.69) is 10.5 Å². The lowest BCUT2D eigenvalue weighted by molar-refractivity contribution is -0.137. The summed E-state index contributed by atoms with van der Waals surface area (Å²) in [4.78, 5) is 12.6. The molecule has 1 N–H and O–H groups in total.